The van der Waals surface area contributed by atoms with E-state index in [1.807, 2.05) is 0 Å². The number of nitrogens with zero attached hydrogens (tertiary/aromatic N) is 4. The van der Waals surface area contributed by atoms with Crippen LogP contribution in [-0.4, -0.2) is 21.5 Å². The first-order chi connectivity index (χ1) is 14.1. The predicted octanol–water partition coefficient (Wildman–Crippen LogP) is 4.93. The van der Waals surface area contributed by atoms with Crippen molar-refractivity contribution >= 4 is 50.5 Å². The molecule has 1 saturated heterocycles. The van der Waals surface area contributed by atoms with Crippen molar-refractivity contribution in [3.05, 3.63) is 52.0 Å². The molecule has 0 radical (unpaired) electrons. The third-order valence-corrected chi connectivity index (χ3v) is 6.30. The number of benzene rings is 1. The number of hydrogen-bond donors (Lipinski definition) is 0. The first-order valence-electron chi connectivity index (χ1n) is 8.71. The minimum Gasteiger partial charge on any atom is -0.303 e. The van der Waals surface area contributed by atoms with Gasteiger partial charge in [-0.2, -0.15) is 18.4 Å². The van der Waals surface area contributed by atoms with Crippen LogP contribution in [-0.2, 0) is 11.0 Å². The minimum absolute atomic E-state index is 0.0685. The summed E-state index contributed by atoms with van der Waals surface area (Å²) >= 11 is 8.52. The molecule has 1 spiro atoms. The van der Waals surface area contributed by atoms with E-state index in [0.29, 0.717) is 24.6 Å². The molecule has 1 aliphatic heterocycles. The zero-order valence-electron chi connectivity index (χ0n) is 15.0. The van der Waals surface area contributed by atoms with E-state index in [1.165, 1.54) is 23.1 Å². The predicted molar refractivity (Wildman–Crippen MR) is 107 cm³/mol. The highest BCUT2D eigenvalue weighted by Gasteiger charge is 2.59. The van der Waals surface area contributed by atoms with Crippen LogP contribution < -0.4 is 9.80 Å². The molecular formula is C19H11BrF4N4OS. The monoisotopic (exact) mass is 498 g/mol. The van der Waals surface area contributed by atoms with Gasteiger partial charge in [0.2, 0.25) is 0 Å². The second kappa shape index (κ2) is 6.99. The van der Waals surface area contributed by atoms with Crippen LogP contribution in [0.15, 0.2) is 34.9 Å². The first-order valence-corrected chi connectivity index (χ1v) is 9.91. The van der Waals surface area contributed by atoms with Crippen molar-refractivity contribution in [3.63, 3.8) is 0 Å². The lowest BCUT2D eigenvalue weighted by Crippen LogP contribution is -2.55. The summed E-state index contributed by atoms with van der Waals surface area (Å²) in [5.74, 6) is -1.06. The summed E-state index contributed by atoms with van der Waals surface area (Å²) in [6.07, 6.45) is -2.25. The van der Waals surface area contributed by atoms with Crippen LogP contribution >= 0.6 is 28.1 Å². The maximum Gasteiger partial charge on any atom is 0.419 e. The molecule has 1 aromatic carbocycles. The van der Waals surface area contributed by atoms with Gasteiger partial charge in [-0.25, -0.2) is 9.37 Å². The number of halogens is 5. The van der Waals surface area contributed by atoms with Crippen LogP contribution in [0, 0.1) is 17.1 Å². The Balaban J connectivity index is 1.83. The molecule has 5 nitrogen and oxygen atoms in total. The Hall–Kier alpha value is -2.58. The van der Waals surface area contributed by atoms with Gasteiger partial charge < -0.3 is 4.90 Å². The molecule has 30 heavy (non-hydrogen) atoms. The highest BCUT2D eigenvalue weighted by Crippen LogP contribution is 2.48. The van der Waals surface area contributed by atoms with E-state index in [0.717, 1.165) is 17.5 Å². The number of hydrogen-bond acceptors (Lipinski definition) is 4. The summed E-state index contributed by atoms with van der Waals surface area (Å²) in [6.45, 7) is 0. The summed E-state index contributed by atoms with van der Waals surface area (Å²) in [7, 11) is 0. The normalized spacial score (nSPS) is 18.0. The maximum atomic E-state index is 14.1. The minimum atomic E-state index is -4.83. The lowest BCUT2D eigenvalue weighted by molar-refractivity contribution is -0.138. The molecule has 11 heteroatoms. The number of rotatable bonds is 2. The van der Waals surface area contributed by atoms with E-state index in [9.17, 15) is 22.4 Å². The molecule has 0 unspecified atom stereocenters. The van der Waals surface area contributed by atoms with Crippen LogP contribution in [0.1, 0.15) is 30.5 Å². The van der Waals surface area contributed by atoms with Crippen LogP contribution in [0.2, 0.25) is 0 Å². The molecule has 2 heterocycles. The van der Waals surface area contributed by atoms with Crippen molar-refractivity contribution in [2.75, 3.05) is 9.80 Å². The smallest absolute Gasteiger partial charge is 0.303 e. The molecule has 2 fully saturated rings. The van der Waals surface area contributed by atoms with Gasteiger partial charge in [-0.1, -0.05) is 0 Å². The molecule has 1 aliphatic carbocycles. The van der Waals surface area contributed by atoms with Gasteiger partial charge in [-0.05, 0) is 71.7 Å². The molecule has 1 saturated carbocycles. The van der Waals surface area contributed by atoms with Crippen LogP contribution in [0.3, 0.4) is 0 Å². The molecule has 4 rings (SSSR count). The fraction of sp³-hybridized carbons (Fsp3) is 0.263. The van der Waals surface area contributed by atoms with Gasteiger partial charge >= 0.3 is 6.18 Å². The number of alkyl halides is 3. The van der Waals surface area contributed by atoms with Crippen molar-refractivity contribution in [2.45, 2.75) is 31.0 Å². The quantitative estimate of drug-likeness (QED) is 0.433. The van der Waals surface area contributed by atoms with E-state index in [4.69, 9.17) is 17.5 Å². The van der Waals surface area contributed by atoms with E-state index in [2.05, 4.69) is 20.9 Å². The fourth-order valence-electron chi connectivity index (χ4n) is 3.71. The largest absolute Gasteiger partial charge is 0.419 e. The second-order valence-electron chi connectivity index (χ2n) is 6.94. The third-order valence-electron chi connectivity index (χ3n) is 5.30. The average molecular weight is 499 g/mol. The van der Waals surface area contributed by atoms with Crippen molar-refractivity contribution in [2.24, 2.45) is 0 Å². The Morgan fingerprint density at radius 1 is 1.23 bits per heavy atom. The van der Waals surface area contributed by atoms with Gasteiger partial charge in [0.25, 0.3) is 5.91 Å². The molecule has 1 amide bonds. The van der Waals surface area contributed by atoms with E-state index >= 15 is 0 Å². The van der Waals surface area contributed by atoms with Crippen molar-refractivity contribution in [1.29, 1.82) is 5.26 Å². The van der Waals surface area contributed by atoms with Crippen LogP contribution in [0.4, 0.5) is 28.9 Å². The molecular weight excluding hydrogens is 488 g/mol. The lowest BCUT2D eigenvalue weighted by Gasteiger charge is -2.43. The number of anilines is 2. The highest BCUT2D eigenvalue weighted by atomic mass is 79.9. The molecule has 1 aromatic heterocycles. The topological polar surface area (TPSA) is 60.2 Å². The number of aromatic nitrogens is 1. The van der Waals surface area contributed by atoms with Gasteiger partial charge in [0.1, 0.15) is 17.4 Å². The Kier molecular flexibility index (Phi) is 4.82. The summed E-state index contributed by atoms with van der Waals surface area (Å²) in [6, 6.07) is 6.35. The summed E-state index contributed by atoms with van der Waals surface area (Å²) < 4.78 is 54.5. The average Bonchev–Trinajstić information content (AvgIpc) is 2.90. The number of pyridine rings is 1. The number of amides is 1. The Morgan fingerprint density at radius 3 is 2.47 bits per heavy atom. The van der Waals surface area contributed by atoms with Crippen molar-refractivity contribution < 1.29 is 22.4 Å². The van der Waals surface area contributed by atoms with Gasteiger partial charge in [0.05, 0.1) is 21.9 Å². The number of thiocarbonyl (C=S) groups is 1. The maximum absolute atomic E-state index is 14.1. The molecule has 0 atom stereocenters. The Bertz CT molecular complexity index is 1130. The SMILES string of the molecule is N#Cc1ncc(N2C(=O)C3(CCC3)N(c3ccc(Br)c(F)c3)C2=S)cc1C(F)(F)F. The van der Waals surface area contributed by atoms with E-state index < -0.39 is 34.7 Å². The lowest BCUT2D eigenvalue weighted by atomic mass is 9.75. The van der Waals surface area contributed by atoms with Gasteiger partial charge in [0.15, 0.2) is 10.8 Å². The van der Waals surface area contributed by atoms with E-state index in [-0.39, 0.29) is 15.3 Å². The second-order valence-corrected chi connectivity index (χ2v) is 8.16. The summed E-state index contributed by atoms with van der Waals surface area (Å²) in [5.41, 5.74) is -3.00. The Morgan fingerprint density at radius 2 is 1.93 bits per heavy atom. The summed E-state index contributed by atoms with van der Waals surface area (Å²) in [4.78, 5) is 19.3. The van der Waals surface area contributed by atoms with Crippen LogP contribution in [0.25, 0.3) is 0 Å². The zero-order chi connectivity index (χ0) is 21.8. The number of carbonyl (C=O) groups is 1. The fourth-order valence-corrected chi connectivity index (χ4v) is 4.43. The van der Waals surface area contributed by atoms with E-state index in [1.54, 1.807) is 6.07 Å². The number of nitriles is 1. The number of carbonyl (C=O) groups excluding carboxylic acids is 1. The van der Waals surface area contributed by atoms with Gasteiger partial charge in [0, 0.05) is 5.69 Å². The van der Waals surface area contributed by atoms with Crippen molar-refractivity contribution in [1.82, 2.24) is 4.98 Å². The molecule has 154 valence electrons. The Labute approximate surface area is 182 Å². The van der Waals surface area contributed by atoms with Crippen LogP contribution in [0.5, 0.6) is 0 Å². The molecule has 2 aliphatic rings. The first kappa shape index (κ1) is 20.7. The third kappa shape index (κ3) is 2.97. The van der Waals surface area contributed by atoms with Crippen molar-refractivity contribution in [3.8, 4) is 6.07 Å². The molecule has 0 bridgehead atoms. The summed E-state index contributed by atoms with van der Waals surface area (Å²) in [5, 5.41) is 8.88. The van der Waals surface area contributed by atoms with Gasteiger partial charge in [-0.15, -0.1) is 0 Å². The highest BCUT2D eigenvalue weighted by molar-refractivity contribution is 9.10. The van der Waals surface area contributed by atoms with Gasteiger partial charge in [-0.3, -0.25) is 9.69 Å². The zero-order valence-corrected chi connectivity index (χ0v) is 17.4. The standard InChI is InChI=1S/C19H11BrF4N4OS/c20-13-3-2-10(7-14(13)21)28-17(30)27(16(29)18(28)4-1-5-18)11-6-12(19(22,23)24)15(8-25)26-9-11/h2-3,6-7,9H,1,4-5H2. The molecule has 0 N–H and O–H groups in total. The molecule has 2 aromatic rings.